The van der Waals surface area contributed by atoms with Crippen LogP contribution in [-0.4, -0.2) is 77.8 Å². The number of carbonyl (C=O) groups excluding carboxylic acids is 1. The van der Waals surface area contributed by atoms with Gasteiger partial charge in [0.05, 0.1) is 35.1 Å². The smallest absolute Gasteiger partial charge is 0.256 e. The zero-order chi connectivity index (χ0) is 32.1. The van der Waals surface area contributed by atoms with Crippen molar-refractivity contribution in [3.63, 3.8) is 0 Å². The van der Waals surface area contributed by atoms with Crippen LogP contribution in [0.3, 0.4) is 0 Å². The molecule has 242 valence electrons. The molecule has 0 bridgehead atoms. The SMILES string of the molecule is COc1cc(C)c(S(=O)(=O)N(Cc2nc3cccc(C(=O)N4CCC5(CC4)CCN(c4ccncc4)CC5)c3[nH]2)C2CC2)c(C)c1. The van der Waals surface area contributed by atoms with Gasteiger partial charge in [-0.1, -0.05) is 6.07 Å². The van der Waals surface area contributed by atoms with Gasteiger partial charge in [-0.2, -0.15) is 4.31 Å². The minimum atomic E-state index is -3.80. The van der Waals surface area contributed by atoms with Gasteiger partial charge in [-0.05, 0) is 105 Å². The van der Waals surface area contributed by atoms with Gasteiger partial charge in [-0.3, -0.25) is 9.78 Å². The molecule has 11 heteroatoms. The monoisotopic (exact) mass is 642 g/mol. The van der Waals surface area contributed by atoms with Crippen molar-refractivity contribution in [2.24, 2.45) is 5.41 Å². The molecule has 4 heterocycles. The summed E-state index contributed by atoms with van der Waals surface area (Å²) in [6, 6.07) is 13.2. The number of piperidine rings is 2. The van der Waals surface area contributed by atoms with Crippen molar-refractivity contribution in [1.82, 2.24) is 24.2 Å². The molecule has 2 aromatic carbocycles. The van der Waals surface area contributed by atoms with E-state index < -0.39 is 10.0 Å². The Morgan fingerprint density at radius 1 is 1.00 bits per heavy atom. The summed E-state index contributed by atoms with van der Waals surface area (Å²) >= 11 is 0. The van der Waals surface area contributed by atoms with Gasteiger partial charge in [0.2, 0.25) is 10.0 Å². The number of carbonyl (C=O) groups is 1. The van der Waals surface area contributed by atoms with E-state index in [-0.39, 0.29) is 23.9 Å². The lowest BCUT2D eigenvalue weighted by atomic mass is 9.71. The maximum Gasteiger partial charge on any atom is 0.256 e. The molecule has 10 nitrogen and oxygen atoms in total. The number of rotatable bonds is 8. The summed E-state index contributed by atoms with van der Waals surface area (Å²) in [7, 11) is -2.22. The normalized spacial score (nSPS) is 18.4. The molecule has 7 rings (SSSR count). The summed E-state index contributed by atoms with van der Waals surface area (Å²) < 4.78 is 35.0. The van der Waals surface area contributed by atoms with Crippen LogP contribution < -0.4 is 9.64 Å². The van der Waals surface area contributed by atoms with Gasteiger partial charge in [0.25, 0.3) is 5.91 Å². The number of para-hydroxylation sites is 1. The number of nitrogens with one attached hydrogen (secondary N) is 1. The molecule has 46 heavy (non-hydrogen) atoms. The molecule has 1 amide bonds. The molecule has 1 saturated carbocycles. The first-order valence-corrected chi connectivity index (χ1v) is 17.7. The number of fused-ring (bicyclic) bond motifs is 1. The maximum atomic E-state index is 14.1. The Kier molecular flexibility index (Phi) is 8.01. The number of pyridine rings is 1. The summed E-state index contributed by atoms with van der Waals surface area (Å²) in [4.78, 5) is 30.9. The second-order valence-corrected chi connectivity index (χ2v) is 15.1. The molecular formula is C35H42N6O4S. The molecule has 0 radical (unpaired) electrons. The van der Waals surface area contributed by atoms with Crippen molar-refractivity contribution >= 4 is 32.7 Å². The van der Waals surface area contributed by atoms with E-state index in [1.807, 2.05) is 35.5 Å². The Hall–Kier alpha value is -3.96. The average Bonchev–Trinajstić information content (AvgIpc) is 3.81. The van der Waals surface area contributed by atoms with Crippen molar-refractivity contribution in [1.29, 1.82) is 0 Å². The van der Waals surface area contributed by atoms with Crippen LogP contribution in [0, 0.1) is 19.3 Å². The zero-order valence-corrected chi connectivity index (χ0v) is 27.6. The number of aromatic amines is 1. The number of anilines is 1. The number of methoxy groups -OCH3 is 1. The molecule has 1 spiro atoms. The molecule has 1 aliphatic carbocycles. The summed E-state index contributed by atoms with van der Waals surface area (Å²) in [5.74, 6) is 1.17. The Bertz CT molecular complexity index is 1830. The number of amides is 1. The van der Waals surface area contributed by atoms with E-state index in [9.17, 15) is 13.2 Å². The number of aryl methyl sites for hydroxylation is 2. The van der Waals surface area contributed by atoms with Gasteiger partial charge in [0.1, 0.15) is 11.6 Å². The molecule has 0 unspecified atom stereocenters. The first-order chi connectivity index (χ1) is 22.2. The summed E-state index contributed by atoms with van der Waals surface area (Å²) in [6.45, 7) is 7.25. The molecule has 3 aliphatic rings. The highest BCUT2D eigenvalue weighted by atomic mass is 32.2. The van der Waals surface area contributed by atoms with Crippen LogP contribution in [0.15, 0.2) is 59.8 Å². The van der Waals surface area contributed by atoms with Gasteiger partial charge in [-0.15, -0.1) is 0 Å². The standard InChI is InChI=1S/C35H42N6O4S/c1-24-21-28(45-3)22-25(2)33(24)46(43,44)41(27-7-8-27)23-31-37-30-6-4-5-29(32(30)38-31)34(42)40-19-13-35(14-20-40)11-17-39(18-12-35)26-9-15-36-16-10-26/h4-6,9-10,15-16,21-22,27H,7-8,11-14,17-20,23H2,1-3H3,(H,37,38). The summed E-state index contributed by atoms with van der Waals surface area (Å²) in [6.07, 6.45) is 9.60. The van der Waals surface area contributed by atoms with Crippen molar-refractivity contribution in [3.05, 3.63) is 77.4 Å². The van der Waals surface area contributed by atoms with Gasteiger partial charge in [-0.25, -0.2) is 13.4 Å². The first kappa shape index (κ1) is 30.7. The van der Waals surface area contributed by atoms with Crippen molar-refractivity contribution in [2.75, 3.05) is 38.2 Å². The minimum absolute atomic E-state index is 0.000949. The van der Waals surface area contributed by atoms with E-state index in [4.69, 9.17) is 9.72 Å². The number of imidazole rings is 1. The van der Waals surface area contributed by atoms with Crippen LogP contribution in [-0.2, 0) is 16.6 Å². The Morgan fingerprint density at radius 2 is 1.65 bits per heavy atom. The fourth-order valence-corrected chi connectivity index (χ4v) is 9.52. The van der Waals surface area contributed by atoms with Crippen molar-refractivity contribution in [2.45, 2.75) is 69.9 Å². The van der Waals surface area contributed by atoms with Crippen LogP contribution in [0.5, 0.6) is 5.75 Å². The first-order valence-electron chi connectivity index (χ1n) is 16.3. The van der Waals surface area contributed by atoms with E-state index in [1.54, 1.807) is 37.4 Å². The topological polar surface area (TPSA) is 112 Å². The predicted molar refractivity (Wildman–Crippen MR) is 178 cm³/mol. The number of nitrogens with zero attached hydrogens (tertiary/aromatic N) is 5. The largest absolute Gasteiger partial charge is 0.497 e. The lowest BCUT2D eigenvalue weighted by molar-refractivity contribution is 0.0516. The van der Waals surface area contributed by atoms with E-state index in [2.05, 4.69) is 27.0 Å². The molecule has 2 aromatic heterocycles. The number of sulfonamides is 1. The van der Waals surface area contributed by atoms with Crippen LogP contribution in [0.2, 0.25) is 0 Å². The Balaban J connectivity index is 1.06. The lowest BCUT2D eigenvalue weighted by Crippen LogP contribution is -2.48. The second-order valence-electron chi connectivity index (χ2n) is 13.2. The average molecular weight is 643 g/mol. The highest BCUT2D eigenvalue weighted by molar-refractivity contribution is 7.89. The van der Waals surface area contributed by atoms with E-state index in [1.165, 1.54) is 5.69 Å². The van der Waals surface area contributed by atoms with E-state index in [0.717, 1.165) is 64.7 Å². The second kappa shape index (κ2) is 12.0. The number of aromatic nitrogens is 3. The number of benzene rings is 2. The van der Waals surface area contributed by atoms with Crippen molar-refractivity contribution < 1.29 is 17.9 Å². The molecule has 1 N–H and O–H groups in total. The third kappa shape index (κ3) is 5.75. The fourth-order valence-electron chi connectivity index (χ4n) is 7.46. The molecule has 2 saturated heterocycles. The third-order valence-corrected chi connectivity index (χ3v) is 12.5. The van der Waals surface area contributed by atoms with Crippen LogP contribution in [0.25, 0.3) is 11.0 Å². The number of ether oxygens (including phenoxy) is 1. The van der Waals surface area contributed by atoms with Gasteiger partial charge in [0, 0.05) is 50.3 Å². The highest BCUT2D eigenvalue weighted by Crippen LogP contribution is 2.42. The molecule has 0 atom stereocenters. The summed E-state index contributed by atoms with van der Waals surface area (Å²) in [5, 5.41) is 0. The van der Waals surface area contributed by atoms with E-state index in [0.29, 0.717) is 44.2 Å². The van der Waals surface area contributed by atoms with Gasteiger partial charge in [0.15, 0.2) is 0 Å². The number of likely N-dealkylation sites (tertiary alicyclic amines) is 1. The van der Waals surface area contributed by atoms with Crippen LogP contribution >= 0.6 is 0 Å². The zero-order valence-electron chi connectivity index (χ0n) is 26.8. The number of hydrogen-bond acceptors (Lipinski definition) is 7. The predicted octanol–water partition coefficient (Wildman–Crippen LogP) is 5.46. The third-order valence-electron chi connectivity index (χ3n) is 10.3. The van der Waals surface area contributed by atoms with Gasteiger partial charge < -0.3 is 19.5 Å². The lowest BCUT2D eigenvalue weighted by Gasteiger charge is -2.47. The Labute approximate surface area is 270 Å². The molecule has 2 aliphatic heterocycles. The van der Waals surface area contributed by atoms with Crippen molar-refractivity contribution in [3.8, 4) is 5.75 Å². The molecule has 3 fully saturated rings. The number of hydrogen-bond donors (Lipinski definition) is 1. The maximum absolute atomic E-state index is 14.1. The highest BCUT2D eigenvalue weighted by Gasteiger charge is 2.41. The van der Waals surface area contributed by atoms with Crippen LogP contribution in [0.1, 0.15) is 65.8 Å². The quantitative estimate of drug-likeness (QED) is 0.272. The fraction of sp³-hybridized carbons (Fsp3) is 0.457. The summed E-state index contributed by atoms with van der Waals surface area (Å²) in [5.41, 5.74) is 4.74. The molecule has 4 aromatic rings. The van der Waals surface area contributed by atoms with Crippen LogP contribution in [0.4, 0.5) is 5.69 Å². The minimum Gasteiger partial charge on any atom is -0.497 e. The Morgan fingerprint density at radius 3 is 2.28 bits per heavy atom. The van der Waals surface area contributed by atoms with E-state index >= 15 is 0 Å². The van der Waals surface area contributed by atoms with Gasteiger partial charge >= 0.3 is 0 Å². The molecular weight excluding hydrogens is 600 g/mol. The number of H-pyrrole nitrogens is 1.